The van der Waals surface area contributed by atoms with Crippen LogP contribution in [0.1, 0.15) is 0 Å². The highest BCUT2D eigenvalue weighted by molar-refractivity contribution is 5.90. The third-order valence-electron chi connectivity index (χ3n) is 2.72. The van der Waals surface area contributed by atoms with E-state index in [4.69, 9.17) is 0 Å². The molecule has 0 saturated heterocycles. The van der Waals surface area contributed by atoms with Crippen molar-refractivity contribution in [3.05, 3.63) is 60.4 Å². The molecule has 1 heterocycles. The number of para-hydroxylation sites is 1. The minimum Gasteiger partial charge on any atom is -0.340 e. The summed E-state index contributed by atoms with van der Waals surface area (Å²) >= 11 is 0. The zero-order chi connectivity index (χ0) is 13.2. The summed E-state index contributed by atoms with van der Waals surface area (Å²) in [6.07, 6.45) is 1.29. The Balaban J connectivity index is 2.06. The first-order chi connectivity index (χ1) is 9.24. The third-order valence-corrected chi connectivity index (χ3v) is 2.72. The molecule has 1 N–H and O–H groups in total. The van der Waals surface area contributed by atoms with Gasteiger partial charge in [0.15, 0.2) is 0 Å². The molecule has 3 aromatic rings. The van der Waals surface area contributed by atoms with Crippen molar-refractivity contribution >= 4 is 22.4 Å². The Morgan fingerprint density at radius 2 is 1.68 bits per heavy atom. The quantitative estimate of drug-likeness (QED) is 0.761. The summed E-state index contributed by atoms with van der Waals surface area (Å²) in [5.74, 6) is -0.234. The van der Waals surface area contributed by atoms with Crippen LogP contribution < -0.4 is 5.32 Å². The third kappa shape index (κ3) is 2.22. The van der Waals surface area contributed by atoms with E-state index in [-0.39, 0.29) is 11.3 Å². The second-order valence-corrected chi connectivity index (χ2v) is 3.99. The maximum Gasteiger partial charge on any atom is 0.149 e. The molecule has 94 valence electrons. The zero-order valence-electron chi connectivity index (χ0n) is 9.77. The molecule has 5 heteroatoms. The molecule has 0 bridgehead atoms. The first-order valence-electron chi connectivity index (χ1n) is 5.66. The fraction of sp³-hybridized carbons (Fsp3) is 0. The van der Waals surface area contributed by atoms with Crippen molar-refractivity contribution in [3.8, 4) is 0 Å². The molecule has 19 heavy (non-hydrogen) atoms. The van der Waals surface area contributed by atoms with Gasteiger partial charge in [-0.25, -0.2) is 18.7 Å². The van der Waals surface area contributed by atoms with E-state index in [9.17, 15) is 8.78 Å². The summed E-state index contributed by atoms with van der Waals surface area (Å²) in [7, 11) is 0. The zero-order valence-corrected chi connectivity index (χ0v) is 9.77. The normalized spacial score (nSPS) is 10.6. The lowest BCUT2D eigenvalue weighted by Gasteiger charge is -2.08. The summed E-state index contributed by atoms with van der Waals surface area (Å²) in [4.78, 5) is 7.99. The van der Waals surface area contributed by atoms with Crippen molar-refractivity contribution in [1.82, 2.24) is 9.97 Å². The van der Waals surface area contributed by atoms with Gasteiger partial charge in [0.25, 0.3) is 0 Å². The fourth-order valence-corrected chi connectivity index (χ4v) is 1.82. The molecule has 0 spiro atoms. The molecule has 0 aliphatic carbocycles. The van der Waals surface area contributed by atoms with Gasteiger partial charge >= 0.3 is 0 Å². The predicted octanol–water partition coefficient (Wildman–Crippen LogP) is 3.65. The Kier molecular flexibility index (Phi) is 2.79. The van der Waals surface area contributed by atoms with Crippen molar-refractivity contribution in [2.24, 2.45) is 0 Å². The maximum atomic E-state index is 13.6. The molecule has 1 aromatic heterocycles. The van der Waals surface area contributed by atoms with Gasteiger partial charge in [0.2, 0.25) is 0 Å². The van der Waals surface area contributed by atoms with Gasteiger partial charge in [0, 0.05) is 11.1 Å². The van der Waals surface area contributed by atoms with Gasteiger partial charge in [-0.05, 0) is 36.4 Å². The van der Waals surface area contributed by atoms with Crippen LogP contribution in [0, 0.1) is 11.6 Å². The van der Waals surface area contributed by atoms with Crippen molar-refractivity contribution in [3.63, 3.8) is 0 Å². The number of rotatable bonds is 2. The maximum absolute atomic E-state index is 13.6. The topological polar surface area (TPSA) is 37.8 Å². The predicted molar refractivity (Wildman–Crippen MR) is 69.2 cm³/mol. The van der Waals surface area contributed by atoms with Gasteiger partial charge in [0.1, 0.15) is 29.3 Å². The lowest BCUT2D eigenvalue weighted by Crippen LogP contribution is -1.97. The SMILES string of the molecule is Fc1ccc(Nc2ncnc3c(F)cccc23)cc1. The molecule has 0 radical (unpaired) electrons. The number of nitrogens with one attached hydrogen (secondary N) is 1. The van der Waals surface area contributed by atoms with E-state index >= 15 is 0 Å². The molecule has 0 saturated carbocycles. The van der Waals surface area contributed by atoms with E-state index in [0.717, 1.165) is 0 Å². The summed E-state index contributed by atoms with van der Waals surface area (Å²) in [5, 5.41) is 3.59. The Hall–Kier alpha value is -2.56. The van der Waals surface area contributed by atoms with Crippen molar-refractivity contribution in [1.29, 1.82) is 0 Å². The fourth-order valence-electron chi connectivity index (χ4n) is 1.82. The monoisotopic (exact) mass is 257 g/mol. The molecule has 0 amide bonds. The molecular formula is C14H9F2N3. The molecule has 0 aliphatic rings. The molecule has 0 fully saturated rings. The van der Waals surface area contributed by atoms with Crippen LogP contribution in [0.2, 0.25) is 0 Å². The van der Waals surface area contributed by atoms with Crippen LogP contribution >= 0.6 is 0 Å². The number of benzene rings is 2. The van der Waals surface area contributed by atoms with E-state index in [2.05, 4.69) is 15.3 Å². The minimum atomic E-state index is -0.401. The first kappa shape index (κ1) is 11.5. The molecule has 0 atom stereocenters. The molecule has 0 aliphatic heterocycles. The number of nitrogens with zero attached hydrogens (tertiary/aromatic N) is 2. The number of hydrogen-bond acceptors (Lipinski definition) is 3. The summed E-state index contributed by atoms with van der Waals surface area (Å²) in [6, 6.07) is 10.5. The number of fused-ring (bicyclic) bond motifs is 1. The van der Waals surface area contributed by atoms with Crippen molar-refractivity contribution < 1.29 is 8.78 Å². The highest BCUT2D eigenvalue weighted by Crippen LogP contribution is 2.24. The summed E-state index contributed by atoms with van der Waals surface area (Å²) < 4.78 is 26.4. The number of anilines is 2. The minimum absolute atomic E-state index is 0.252. The van der Waals surface area contributed by atoms with E-state index < -0.39 is 5.82 Å². The van der Waals surface area contributed by atoms with E-state index in [1.54, 1.807) is 24.3 Å². The average molecular weight is 257 g/mol. The second kappa shape index (κ2) is 4.61. The largest absolute Gasteiger partial charge is 0.340 e. The van der Waals surface area contributed by atoms with E-state index in [0.29, 0.717) is 16.9 Å². The Labute approximate surface area is 107 Å². The summed E-state index contributed by atoms with van der Waals surface area (Å²) in [6.45, 7) is 0. The van der Waals surface area contributed by atoms with Crippen molar-refractivity contribution in [2.75, 3.05) is 5.32 Å². The molecule has 2 aromatic carbocycles. The summed E-state index contributed by atoms with van der Waals surface area (Å²) in [5.41, 5.74) is 0.924. The lowest BCUT2D eigenvalue weighted by atomic mass is 10.2. The molecule has 0 unspecified atom stereocenters. The van der Waals surface area contributed by atoms with Crippen LogP contribution in [0.15, 0.2) is 48.8 Å². The first-order valence-corrected chi connectivity index (χ1v) is 5.66. The molecular weight excluding hydrogens is 248 g/mol. The van der Waals surface area contributed by atoms with Crippen LogP contribution in [0.3, 0.4) is 0 Å². The van der Waals surface area contributed by atoms with Gasteiger partial charge in [0.05, 0.1) is 0 Å². The second-order valence-electron chi connectivity index (χ2n) is 3.99. The van der Waals surface area contributed by atoms with E-state index in [1.165, 1.54) is 24.5 Å². The lowest BCUT2D eigenvalue weighted by molar-refractivity contribution is 0.628. The Morgan fingerprint density at radius 1 is 0.895 bits per heavy atom. The van der Waals surface area contributed by atoms with E-state index in [1.807, 2.05) is 0 Å². The van der Waals surface area contributed by atoms with Crippen molar-refractivity contribution in [2.45, 2.75) is 0 Å². The molecule has 3 nitrogen and oxygen atoms in total. The Morgan fingerprint density at radius 3 is 2.47 bits per heavy atom. The average Bonchev–Trinajstić information content (AvgIpc) is 2.43. The van der Waals surface area contributed by atoms with Crippen LogP contribution in [0.4, 0.5) is 20.3 Å². The highest BCUT2D eigenvalue weighted by Gasteiger charge is 2.07. The number of halogens is 2. The number of hydrogen-bond donors (Lipinski definition) is 1. The van der Waals surface area contributed by atoms with Gasteiger partial charge < -0.3 is 5.32 Å². The van der Waals surface area contributed by atoms with Crippen LogP contribution in [-0.4, -0.2) is 9.97 Å². The van der Waals surface area contributed by atoms with Crippen LogP contribution in [0.5, 0.6) is 0 Å². The van der Waals surface area contributed by atoms with Gasteiger partial charge in [-0.3, -0.25) is 0 Å². The molecule has 3 rings (SSSR count). The van der Waals surface area contributed by atoms with Gasteiger partial charge in [-0.1, -0.05) is 6.07 Å². The van der Waals surface area contributed by atoms with Crippen LogP contribution in [0.25, 0.3) is 10.9 Å². The van der Waals surface area contributed by atoms with Gasteiger partial charge in [-0.2, -0.15) is 0 Å². The number of aromatic nitrogens is 2. The van der Waals surface area contributed by atoms with Crippen LogP contribution in [-0.2, 0) is 0 Å². The standard InChI is InChI=1S/C14H9F2N3/c15-9-4-6-10(7-5-9)19-14-11-2-1-3-12(16)13(11)17-8-18-14/h1-8H,(H,17,18,19). The highest BCUT2D eigenvalue weighted by atomic mass is 19.1. The smallest absolute Gasteiger partial charge is 0.149 e. The van der Waals surface area contributed by atoms with Gasteiger partial charge in [-0.15, -0.1) is 0 Å². The Bertz CT molecular complexity index is 726.